The molecular formula is C24H30O8. The van der Waals surface area contributed by atoms with Crippen LogP contribution in [-0.2, 0) is 33.4 Å². The van der Waals surface area contributed by atoms with Crippen molar-refractivity contribution in [1.29, 1.82) is 0 Å². The molecule has 4 rings (SSSR count). The van der Waals surface area contributed by atoms with Crippen LogP contribution in [0.3, 0.4) is 0 Å². The molecule has 3 fully saturated rings. The summed E-state index contributed by atoms with van der Waals surface area (Å²) in [6.07, 6.45) is 3.95. The normalized spacial score (nSPS) is 36.5. The van der Waals surface area contributed by atoms with Crippen molar-refractivity contribution in [3.63, 3.8) is 0 Å². The molecule has 2 saturated carbocycles. The SMILES string of the molecule is CCCC(=O)O[C@H]1C[C@@H](C(=O)OC)[C@]2(C)CC[C@H]3C(=O)O[C@H](c4ccoc4)C[C@@H]3[C@H]2C1=O. The molecule has 8 heteroatoms. The molecule has 7 atom stereocenters. The third-order valence-corrected chi connectivity index (χ3v) is 7.70. The molecule has 174 valence electrons. The fourth-order valence-electron chi connectivity index (χ4n) is 6.10. The van der Waals surface area contributed by atoms with Gasteiger partial charge in [-0.25, -0.2) is 0 Å². The quantitative estimate of drug-likeness (QED) is 0.500. The highest BCUT2D eigenvalue weighted by Gasteiger charge is 2.63. The maximum Gasteiger partial charge on any atom is 0.309 e. The number of Topliss-reactive ketones (excluding diaryl/α,β-unsaturated/α-hetero) is 1. The summed E-state index contributed by atoms with van der Waals surface area (Å²) in [4.78, 5) is 51.6. The van der Waals surface area contributed by atoms with Gasteiger partial charge in [-0.15, -0.1) is 0 Å². The predicted molar refractivity (Wildman–Crippen MR) is 110 cm³/mol. The number of ether oxygens (including phenoxy) is 3. The van der Waals surface area contributed by atoms with E-state index in [2.05, 4.69) is 0 Å². The Balaban J connectivity index is 1.70. The Labute approximate surface area is 186 Å². The minimum absolute atomic E-state index is 0.112. The summed E-state index contributed by atoms with van der Waals surface area (Å²) < 4.78 is 21.5. The van der Waals surface area contributed by atoms with Crippen molar-refractivity contribution < 1.29 is 37.8 Å². The molecule has 0 aromatic carbocycles. The van der Waals surface area contributed by atoms with E-state index in [9.17, 15) is 19.2 Å². The molecule has 0 unspecified atom stereocenters. The van der Waals surface area contributed by atoms with Gasteiger partial charge in [-0.2, -0.15) is 0 Å². The number of carbonyl (C=O) groups is 4. The van der Waals surface area contributed by atoms with Gasteiger partial charge in [0, 0.05) is 24.3 Å². The summed E-state index contributed by atoms with van der Waals surface area (Å²) in [7, 11) is 1.33. The van der Waals surface area contributed by atoms with Crippen LogP contribution in [0, 0.1) is 29.1 Å². The molecule has 32 heavy (non-hydrogen) atoms. The lowest BCUT2D eigenvalue weighted by atomic mass is 9.48. The van der Waals surface area contributed by atoms with E-state index in [0.29, 0.717) is 25.7 Å². The predicted octanol–water partition coefficient (Wildman–Crippen LogP) is 3.39. The van der Waals surface area contributed by atoms with Gasteiger partial charge in [-0.3, -0.25) is 19.2 Å². The van der Waals surface area contributed by atoms with E-state index in [1.54, 1.807) is 6.07 Å². The third kappa shape index (κ3) is 3.73. The number of cyclic esters (lactones) is 1. The first-order chi connectivity index (χ1) is 15.3. The molecule has 3 aliphatic rings. The Hall–Kier alpha value is -2.64. The van der Waals surface area contributed by atoms with Crippen molar-refractivity contribution in [1.82, 2.24) is 0 Å². The topological polar surface area (TPSA) is 109 Å². The largest absolute Gasteiger partial charge is 0.472 e. The van der Waals surface area contributed by atoms with Gasteiger partial charge >= 0.3 is 17.9 Å². The smallest absolute Gasteiger partial charge is 0.309 e. The van der Waals surface area contributed by atoms with Crippen LogP contribution in [0.2, 0.25) is 0 Å². The third-order valence-electron chi connectivity index (χ3n) is 7.70. The van der Waals surface area contributed by atoms with Crippen LogP contribution in [0.15, 0.2) is 23.0 Å². The Morgan fingerprint density at radius 3 is 2.69 bits per heavy atom. The maximum absolute atomic E-state index is 13.7. The van der Waals surface area contributed by atoms with Gasteiger partial charge in [0.25, 0.3) is 0 Å². The van der Waals surface area contributed by atoms with Crippen molar-refractivity contribution in [2.75, 3.05) is 7.11 Å². The summed E-state index contributed by atoms with van der Waals surface area (Å²) in [6.45, 7) is 3.79. The highest BCUT2D eigenvalue weighted by atomic mass is 16.6. The maximum atomic E-state index is 13.7. The standard InChI is InChI=1S/C24H30O8/c1-4-5-19(25)31-18-11-16(23(28)29-3)24(2)8-6-14-15(20(24)21(18)26)10-17(32-22(14)27)13-7-9-30-12-13/h7,9,12,14-18,20H,4-6,8,10-11H2,1-3H3/t14-,15+,16+,17+,18+,20+,24+/m1/s1. The van der Waals surface area contributed by atoms with Crippen LogP contribution in [0.5, 0.6) is 0 Å². The van der Waals surface area contributed by atoms with E-state index >= 15 is 0 Å². The molecule has 1 aromatic heterocycles. The second-order valence-corrected chi connectivity index (χ2v) is 9.45. The van der Waals surface area contributed by atoms with E-state index in [1.807, 2.05) is 13.8 Å². The molecule has 0 N–H and O–H groups in total. The summed E-state index contributed by atoms with van der Waals surface area (Å²) >= 11 is 0. The number of carbonyl (C=O) groups excluding carboxylic acids is 4. The second kappa shape index (κ2) is 8.71. The van der Waals surface area contributed by atoms with Crippen molar-refractivity contribution in [3.8, 4) is 0 Å². The van der Waals surface area contributed by atoms with Gasteiger partial charge in [0.2, 0.25) is 0 Å². The van der Waals surface area contributed by atoms with Crippen LogP contribution in [-0.4, -0.2) is 36.9 Å². The minimum atomic E-state index is -1.01. The lowest BCUT2D eigenvalue weighted by Gasteiger charge is -2.56. The van der Waals surface area contributed by atoms with Crippen LogP contribution in [0.25, 0.3) is 0 Å². The summed E-state index contributed by atoms with van der Waals surface area (Å²) in [6, 6.07) is 1.75. The molecule has 0 radical (unpaired) electrons. The molecule has 8 nitrogen and oxygen atoms in total. The summed E-state index contributed by atoms with van der Waals surface area (Å²) in [5.41, 5.74) is 0.0557. The first kappa shape index (κ1) is 22.6. The number of esters is 3. The van der Waals surface area contributed by atoms with Crippen LogP contribution in [0.1, 0.15) is 64.0 Å². The summed E-state index contributed by atoms with van der Waals surface area (Å²) in [5, 5.41) is 0. The molecule has 0 bridgehead atoms. The number of furan rings is 1. The average molecular weight is 446 g/mol. The van der Waals surface area contributed by atoms with Gasteiger partial charge < -0.3 is 18.6 Å². The zero-order chi connectivity index (χ0) is 23.0. The van der Waals surface area contributed by atoms with Gasteiger partial charge in [0.15, 0.2) is 11.9 Å². The molecule has 2 heterocycles. The number of hydrogen-bond acceptors (Lipinski definition) is 8. The monoisotopic (exact) mass is 446 g/mol. The van der Waals surface area contributed by atoms with Crippen molar-refractivity contribution >= 4 is 23.7 Å². The molecule has 1 saturated heterocycles. The zero-order valence-corrected chi connectivity index (χ0v) is 18.7. The molecule has 1 aliphatic heterocycles. The van der Waals surface area contributed by atoms with E-state index in [4.69, 9.17) is 18.6 Å². The molecule has 0 spiro atoms. The first-order valence-corrected chi connectivity index (χ1v) is 11.3. The van der Waals surface area contributed by atoms with Gasteiger partial charge in [0.1, 0.15) is 6.10 Å². The first-order valence-electron chi connectivity index (χ1n) is 11.3. The number of hydrogen-bond donors (Lipinski definition) is 0. The van der Waals surface area contributed by atoms with Crippen LogP contribution < -0.4 is 0 Å². The molecule has 0 amide bonds. The van der Waals surface area contributed by atoms with Crippen molar-refractivity contribution in [3.05, 3.63) is 24.2 Å². The van der Waals surface area contributed by atoms with Gasteiger partial charge in [0.05, 0.1) is 31.5 Å². The van der Waals surface area contributed by atoms with E-state index in [0.717, 1.165) is 5.56 Å². The molecule has 1 aromatic rings. The van der Waals surface area contributed by atoms with E-state index in [1.165, 1.54) is 19.6 Å². The van der Waals surface area contributed by atoms with Crippen LogP contribution >= 0.6 is 0 Å². The van der Waals surface area contributed by atoms with E-state index < -0.39 is 47.3 Å². The molecular weight excluding hydrogens is 416 g/mol. The van der Waals surface area contributed by atoms with Crippen molar-refractivity contribution in [2.45, 2.75) is 64.6 Å². The number of fused-ring (bicyclic) bond motifs is 3. The highest BCUT2D eigenvalue weighted by molar-refractivity contribution is 5.92. The molecule has 2 aliphatic carbocycles. The fraction of sp³-hybridized carbons (Fsp3) is 0.667. The fourth-order valence-corrected chi connectivity index (χ4v) is 6.10. The lowest BCUT2D eigenvalue weighted by Crippen LogP contribution is -2.61. The highest BCUT2D eigenvalue weighted by Crippen LogP contribution is 2.59. The Morgan fingerprint density at radius 1 is 1.25 bits per heavy atom. The Bertz CT molecular complexity index is 890. The Morgan fingerprint density at radius 2 is 2.03 bits per heavy atom. The number of rotatable bonds is 5. The average Bonchev–Trinajstić information content (AvgIpc) is 3.30. The summed E-state index contributed by atoms with van der Waals surface area (Å²) in [5.74, 6) is -3.35. The van der Waals surface area contributed by atoms with Crippen LogP contribution in [0.4, 0.5) is 0 Å². The van der Waals surface area contributed by atoms with Gasteiger partial charge in [-0.05, 0) is 43.1 Å². The number of methoxy groups -OCH3 is 1. The number of ketones is 1. The Kier molecular flexibility index (Phi) is 6.14. The lowest BCUT2D eigenvalue weighted by molar-refractivity contribution is -0.194. The van der Waals surface area contributed by atoms with E-state index in [-0.39, 0.29) is 30.5 Å². The zero-order valence-electron chi connectivity index (χ0n) is 18.7. The van der Waals surface area contributed by atoms with Crippen molar-refractivity contribution in [2.24, 2.45) is 29.1 Å². The minimum Gasteiger partial charge on any atom is -0.472 e. The van der Waals surface area contributed by atoms with Gasteiger partial charge in [-0.1, -0.05) is 13.8 Å². The second-order valence-electron chi connectivity index (χ2n) is 9.45.